The van der Waals surface area contributed by atoms with E-state index < -0.39 is 5.43 Å². The summed E-state index contributed by atoms with van der Waals surface area (Å²) in [6.45, 7) is 6.68. The molecule has 2 nitrogen and oxygen atoms in total. The highest BCUT2D eigenvalue weighted by molar-refractivity contribution is 6.61. The molecule has 2 rings (SSSR count). The van der Waals surface area contributed by atoms with Crippen LogP contribution in [0.2, 0.25) is 0 Å². The van der Waals surface area contributed by atoms with Gasteiger partial charge in [-0.25, -0.2) is 4.79 Å². The van der Waals surface area contributed by atoms with Crippen LogP contribution in [0, 0.1) is 11.8 Å². The van der Waals surface area contributed by atoms with E-state index in [0.29, 0.717) is 11.8 Å². The summed E-state index contributed by atoms with van der Waals surface area (Å²) in [4.78, 5) is 11.2. The molecular weight excluding hydrogens is 272 g/mol. The van der Waals surface area contributed by atoms with Gasteiger partial charge >= 0.3 is 5.43 Å². The zero-order chi connectivity index (χ0) is 14.8. The van der Waals surface area contributed by atoms with E-state index in [4.69, 9.17) is 16.3 Å². The second kappa shape index (κ2) is 6.17. The van der Waals surface area contributed by atoms with Gasteiger partial charge in [-0.15, -0.1) is 0 Å². The Kier molecular flexibility index (Phi) is 4.74. The van der Waals surface area contributed by atoms with E-state index in [2.05, 4.69) is 45.0 Å². The Hall–Kier alpha value is -1.02. The summed E-state index contributed by atoms with van der Waals surface area (Å²) in [5.41, 5.74) is 0.575. The highest BCUT2D eigenvalue weighted by atomic mass is 35.5. The smallest absolute Gasteiger partial charge is 0.404 e. The Morgan fingerprint density at radius 2 is 1.90 bits per heavy atom. The Labute approximate surface area is 126 Å². The number of ether oxygens (including phenoxy) is 1. The molecule has 1 aromatic carbocycles. The summed E-state index contributed by atoms with van der Waals surface area (Å²) in [6.07, 6.45) is 3.06. The van der Waals surface area contributed by atoms with Gasteiger partial charge in [0, 0.05) is 17.5 Å². The summed E-state index contributed by atoms with van der Waals surface area (Å²) in [5.74, 6) is 0.891. The van der Waals surface area contributed by atoms with Gasteiger partial charge in [0.05, 0.1) is 0 Å². The van der Waals surface area contributed by atoms with Crippen molar-refractivity contribution in [3.05, 3.63) is 35.9 Å². The molecule has 0 spiro atoms. The zero-order valence-corrected chi connectivity index (χ0v) is 13.2. The van der Waals surface area contributed by atoms with Crippen LogP contribution in [0.15, 0.2) is 30.3 Å². The molecule has 110 valence electrons. The van der Waals surface area contributed by atoms with Gasteiger partial charge in [-0.1, -0.05) is 57.5 Å². The summed E-state index contributed by atoms with van der Waals surface area (Å²) >= 11 is 5.46. The molecule has 0 bridgehead atoms. The van der Waals surface area contributed by atoms with Gasteiger partial charge in [-0.05, 0) is 29.7 Å². The fraction of sp³-hybridized carbons (Fsp3) is 0.588. The molecule has 0 aliphatic heterocycles. The first-order valence-electron chi connectivity index (χ1n) is 7.33. The maximum absolute atomic E-state index is 11.2. The first-order chi connectivity index (χ1) is 9.41. The fourth-order valence-electron chi connectivity index (χ4n) is 3.49. The standard InChI is InChI=1S/C17H23ClO2/c1-12-9-10-14(15(11-12)20-16(18)19)17(2,3)13-7-5-4-6-8-13/h4-8,12,14-15H,9-11H2,1-3H3/t12-,14?,15-/m1/s1. The van der Waals surface area contributed by atoms with E-state index in [1.54, 1.807) is 0 Å². The molecule has 1 fully saturated rings. The fourth-order valence-corrected chi connectivity index (χ4v) is 3.60. The van der Waals surface area contributed by atoms with E-state index in [1.165, 1.54) is 12.0 Å². The normalized spacial score (nSPS) is 27.1. The summed E-state index contributed by atoms with van der Waals surface area (Å²) in [6, 6.07) is 10.4. The maximum atomic E-state index is 11.2. The van der Waals surface area contributed by atoms with Crippen LogP contribution in [-0.4, -0.2) is 11.5 Å². The van der Waals surface area contributed by atoms with Gasteiger partial charge < -0.3 is 4.74 Å². The van der Waals surface area contributed by atoms with Gasteiger partial charge in [-0.2, -0.15) is 0 Å². The van der Waals surface area contributed by atoms with Crippen LogP contribution >= 0.6 is 11.6 Å². The van der Waals surface area contributed by atoms with Crippen LogP contribution in [0.1, 0.15) is 45.6 Å². The van der Waals surface area contributed by atoms with Crippen LogP contribution in [0.3, 0.4) is 0 Å². The molecule has 1 aliphatic rings. The van der Waals surface area contributed by atoms with Crippen LogP contribution in [0.5, 0.6) is 0 Å². The van der Waals surface area contributed by atoms with E-state index in [9.17, 15) is 4.79 Å². The molecule has 0 heterocycles. The van der Waals surface area contributed by atoms with Crippen molar-refractivity contribution in [1.82, 2.24) is 0 Å². The third kappa shape index (κ3) is 3.35. The minimum atomic E-state index is -0.682. The molecule has 1 aromatic rings. The monoisotopic (exact) mass is 294 g/mol. The van der Waals surface area contributed by atoms with Crippen molar-refractivity contribution in [3.63, 3.8) is 0 Å². The summed E-state index contributed by atoms with van der Waals surface area (Å²) < 4.78 is 5.41. The minimum Gasteiger partial charge on any atom is -0.450 e. The third-order valence-electron chi connectivity index (χ3n) is 4.74. The lowest BCUT2D eigenvalue weighted by atomic mass is 9.64. The second-order valence-electron chi connectivity index (χ2n) is 6.51. The molecule has 0 radical (unpaired) electrons. The SMILES string of the molecule is C[C@@H]1CCC(C(C)(C)c2ccccc2)[C@H](OC(=O)Cl)C1. The van der Waals surface area contributed by atoms with Gasteiger partial charge in [0.25, 0.3) is 0 Å². The highest BCUT2D eigenvalue weighted by Crippen LogP contribution is 2.43. The minimum absolute atomic E-state index is 0.0294. The Morgan fingerprint density at radius 3 is 2.50 bits per heavy atom. The molecule has 0 amide bonds. The predicted octanol–water partition coefficient (Wildman–Crippen LogP) is 5.14. The molecule has 0 aromatic heterocycles. The third-order valence-corrected chi connectivity index (χ3v) is 4.83. The van der Waals surface area contributed by atoms with E-state index >= 15 is 0 Å². The molecule has 1 unspecified atom stereocenters. The highest BCUT2D eigenvalue weighted by Gasteiger charge is 2.41. The molecule has 0 N–H and O–H groups in total. The van der Waals surface area contributed by atoms with Gasteiger partial charge in [-0.3, -0.25) is 0 Å². The molecule has 3 atom stereocenters. The van der Waals surface area contributed by atoms with E-state index in [1.807, 2.05) is 6.07 Å². The average Bonchev–Trinajstić information content (AvgIpc) is 2.39. The number of carbonyl (C=O) groups is 1. The number of rotatable bonds is 3. The maximum Gasteiger partial charge on any atom is 0.404 e. The second-order valence-corrected chi connectivity index (χ2v) is 6.81. The lowest BCUT2D eigenvalue weighted by molar-refractivity contribution is 0.00745. The van der Waals surface area contributed by atoms with Crippen LogP contribution in [0.4, 0.5) is 4.79 Å². The van der Waals surface area contributed by atoms with Crippen LogP contribution < -0.4 is 0 Å². The van der Waals surface area contributed by atoms with Crippen molar-refractivity contribution < 1.29 is 9.53 Å². The molecule has 0 saturated heterocycles. The average molecular weight is 295 g/mol. The number of benzene rings is 1. The lowest BCUT2D eigenvalue weighted by Gasteiger charge is -2.43. The van der Waals surface area contributed by atoms with Gasteiger partial charge in [0.2, 0.25) is 0 Å². The number of hydrogen-bond donors (Lipinski definition) is 0. The van der Waals surface area contributed by atoms with E-state index in [-0.39, 0.29) is 11.5 Å². The molecular formula is C17H23ClO2. The lowest BCUT2D eigenvalue weighted by Crippen LogP contribution is -2.43. The van der Waals surface area contributed by atoms with E-state index in [0.717, 1.165) is 12.8 Å². The molecule has 3 heteroatoms. The topological polar surface area (TPSA) is 26.3 Å². The van der Waals surface area contributed by atoms with Gasteiger partial charge in [0.15, 0.2) is 0 Å². The first kappa shape index (κ1) is 15.4. The molecule has 1 aliphatic carbocycles. The van der Waals surface area contributed by atoms with Crippen molar-refractivity contribution in [3.8, 4) is 0 Å². The molecule has 1 saturated carbocycles. The first-order valence-corrected chi connectivity index (χ1v) is 7.70. The summed E-state index contributed by atoms with van der Waals surface area (Å²) in [5, 5.41) is 0. The summed E-state index contributed by atoms with van der Waals surface area (Å²) in [7, 11) is 0. The quantitative estimate of drug-likeness (QED) is 0.721. The van der Waals surface area contributed by atoms with Crippen LogP contribution in [0.25, 0.3) is 0 Å². The van der Waals surface area contributed by atoms with Crippen molar-refractivity contribution in [2.24, 2.45) is 11.8 Å². The predicted molar refractivity (Wildman–Crippen MR) is 82.1 cm³/mol. The number of hydrogen-bond acceptors (Lipinski definition) is 2. The Morgan fingerprint density at radius 1 is 1.25 bits per heavy atom. The van der Waals surface area contributed by atoms with Crippen molar-refractivity contribution >= 4 is 17.0 Å². The van der Waals surface area contributed by atoms with Crippen molar-refractivity contribution in [2.45, 2.75) is 51.6 Å². The van der Waals surface area contributed by atoms with Gasteiger partial charge in [0.1, 0.15) is 6.10 Å². The van der Waals surface area contributed by atoms with Crippen molar-refractivity contribution in [2.75, 3.05) is 0 Å². The Bertz CT molecular complexity index is 455. The number of halogens is 1. The molecule has 20 heavy (non-hydrogen) atoms. The van der Waals surface area contributed by atoms with Crippen molar-refractivity contribution in [1.29, 1.82) is 0 Å². The zero-order valence-electron chi connectivity index (χ0n) is 12.4. The Balaban J connectivity index is 2.25. The largest absolute Gasteiger partial charge is 0.450 e. The number of carbonyl (C=O) groups excluding carboxylic acids is 1. The van der Waals surface area contributed by atoms with Crippen LogP contribution in [-0.2, 0) is 10.2 Å².